The van der Waals surface area contributed by atoms with E-state index in [0.717, 1.165) is 0 Å². The Hall–Kier alpha value is -1.10. The smallest absolute Gasteiger partial charge is 0.307 e. The zero-order valence-electron chi connectivity index (χ0n) is 9.28. The van der Waals surface area contributed by atoms with E-state index in [1.165, 1.54) is 7.11 Å². The quantitative estimate of drug-likeness (QED) is 0.651. The van der Waals surface area contributed by atoms with Gasteiger partial charge in [-0.3, -0.25) is 9.59 Å². The van der Waals surface area contributed by atoms with Crippen LogP contribution in [0.15, 0.2) is 0 Å². The van der Waals surface area contributed by atoms with Crippen molar-refractivity contribution < 1.29 is 14.3 Å². The molecule has 5 heteroatoms. The van der Waals surface area contributed by atoms with Crippen molar-refractivity contribution in [2.45, 2.75) is 31.7 Å². The molecule has 0 atom stereocenters. The lowest BCUT2D eigenvalue weighted by atomic mass is 9.85. The molecular weight excluding hydrogens is 196 g/mol. The van der Waals surface area contributed by atoms with Gasteiger partial charge in [-0.1, -0.05) is 0 Å². The summed E-state index contributed by atoms with van der Waals surface area (Å²) in [6.07, 6.45) is 1.54. The summed E-state index contributed by atoms with van der Waals surface area (Å²) in [7, 11) is 1.36. The van der Waals surface area contributed by atoms with Gasteiger partial charge in [-0.05, 0) is 12.8 Å². The minimum absolute atomic E-state index is 0.0649. The lowest BCUT2D eigenvalue weighted by molar-refractivity contribution is -0.142. The molecule has 1 heterocycles. The molecule has 0 saturated carbocycles. The van der Waals surface area contributed by atoms with Gasteiger partial charge in [-0.2, -0.15) is 0 Å². The number of hydrogen-bond donors (Lipinski definition) is 1. The number of nitrogens with zero attached hydrogens (tertiary/aromatic N) is 1. The summed E-state index contributed by atoms with van der Waals surface area (Å²) in [4.78, 5) is 24.0. The summed E-state index contributed by atoms with van der Waals surface area (Å²) >= 11 is 0. The summed E-state index contributed by atoms with van der Waals surface area (Å²) in [5.41, 5.74) is 5.56. The number of carbonyl (C=O) groups is 2. The zero-order valence-corrected chi connectivity index (χ0v) is 9.28. The van der Waals surface area contributed by atoms with E-state index in [4.69, 9.17) is 5.73 Å². The van der Waals surface area contributed by atoms with E-state index in [2.05, 4.69) is 4.74 Å². The molecule has 5 nitrogen and oxygen atoms in total. The van der Waals surface area contributed by atoms with Gasteiger partial charge in [0, 0.05) is 25.6 Å². The topological polar surface area (TPSA) is 72.6 Å². The number of ether oxygens (including phenoxy) is 1. The summed E-state index contributed by atoms with van der Waals surface area (Å²) < 4.78 is 4.59. The van der Waals surface area contributed by atoms with E-state index in [0.29, 0.717) is 25.9 Å². The Balaban J connectivity index is 2.47. The van der Waals surface area contributed by atoms with Gasteiger partial charge >= 0.3 is 5.97 Å². The fourth-order valence-electron chi connectivity index (χ4n) is 1.80. The van der Waals surface area contributed by atoms with Gasteiger partial charge < -0.3 is 15.4 Å². The number of nitrogens with two attached hydrogens (primary N) is 1. The van der Waals surface area contributed by atoms with Crippen molar-refractivity contribution in [3.05, 3.63) is 0 Å². The Bertz CT molecular complexity index is 257. The molecule has 1 saturated heterocycles. The Morgan fingerprint density at radius 1 is 1.40 bits per heavy atom. The third kappa shape index (κ3) is 3.20. The molecule has 0 aromatic rings. The highest BCUT2D eigenvalue weighted by molar-refractivity contribution is 5.73. The van der Waals surface area contributed by atoms with E-state index < -0.39 is 5.54 Å². The van der Waals surface area contributed by atoms with E-state index in [1.54, 1.807) is 11.8 Å². The number of carbonyl (C=O) groups excluding carboxylic acids is 2. The first-order valence-electron chi connectivity index (χ1n) is 5.08. The third-order valence-corrected chi connectivity index (χ3v) is 2.93. The number of rotatable bonds is 2. The highest BCUT2D eigenvalue weighted by Crippen LogP contribution is 2.23. The number of hydrogen-bond acceptors (Lipinski definition) is 4. The second-order valence-electron chi connectivity index (χ2n) is 4.12. The Morgan fingerprint density at radius 3 is 2.33 bits per heavy atom. The number of amides is 1. The van der Waals surface area contributed by atoms with Crippen LogP contribution in [0.4, 0.5) is 0 Å². The maximum absolute atomic E-state index is 11.1. The van der Waals surface area contributed by atoms with Gasteiger partial charge in [0.15, 0.2) is 0 Å². The van der Waals surface area contributed by atoms with Gasteiger partial charge in [0.1, 0.15) is 0 Å². The second-order valence-corrected chi connectivity index (χ2v) is 4.12. The number of methoxy groups -OCH3 is 1. The van der Waals surface area contributed by atoms with Crippen molar-refractivity contribution in [2.24, 2.45) is 5.73 Å². The van der Waals surface area contributed by atoms with E-state index >= 15 is 0 Å². The first-order chi connectivity index (χ1) is 6.97. The number of piperidine rings is 1. The maximum atomic E-state index is 11.1. The molecule has 0 spiro atoms. The Labute approximate surface area is 89.6 Å². The highest BCUT2D eigenvalue weighted by Gasteiger charge is 2.33. The van der Waals surface area contributed by atoms with Crippen LogP contribution in [0.25, 0.3) is 0 Å². The van der Waals surface area contributed by atoms with Gasteiger partial charge in [-0.15, -0.1) is 0 Å². The third-order valence-electron chi connectivity index (χ3n) is 2.93. The van der Waals surface area contributed by atoms with Crippen LogP contribution in [0.2, 0.25) is 0 Å². The van der Waals surface area contributed by atoms with Crippen molar-refractivity contribution in [2.75, 3.05) is 20.2 Å². The molecule has 2 N–H and O–H groups in total. The minimum Gasteiger partial charge on any atom is -0.469 e. The SMILES string of the molecule is COC(=O)CC1(N)CCN(C(C)=O)CC1. The van der Waals surface area contributed by atoms with E-state index in [1.807, 2.05) is 0 Å². The van der Waals surface area contributed by atoms with Crippen LogP contribution in [-0.2, 0) is 14.3 Å². The van der Waals surface area contributed by atoms with Crippen LogP contribution in [0.1, 0.15) is 26.2 Å². The molecule has 1 aliphatic rings. The lowest BCUT2D eigenvalue weighted by Crippen LogP contribution is -2.52. The predicted octanol–water partition coefficient (Wildman–Crippen LogP) is -0.111. The average Bonchev–Trinajstić information content (AvgIpc) is 2.17. The summed E-state index contributed by atoms with van der Waals surface area (Å²) in [6, 6.07) is 0. The second kappa shape index (κ2) is 4.61. The minimum atomic E-state index is -0.501. The van der Waals surface area contributed by atoms with Crippen molar-refractivity contribution >= 4 is 11.9 Å². The molecule has 1 rings (SSSR count). The summed E-state index contributed by atoms with van der Waals surface area (Å²) in [5.74, 6) is -0.219. The standard InChI is InChI=1S/C10H18N2O3/c1-8(13)12-5-3-10(11,4-6-12)7-9(14)15-2/h3-7,11H2,1-2H3. The molecule has 0 unspecified atom stereocenters. The number of likely N-dealkylation sites (tertiary alicyclic amines) is 1. The molecule has 1 amide bonds. The van der Waals surface area contributed by atoms with Gasteiger partial charge in [0.2, 0.25) is 5.91 Å². The molecule has 0 aliphatic carbocycles. The van der Waals surface area contributed by atoms with Gasteiger partial charge in [0.25, 0.3) is 0 Å². The highest BCUT2D eigenvalue weighted by atomic mass is 16.5. The molecule has 0 aromatic carbocycles. The van der Waals surface area contributed by atoms with Gasteiger partial charge in [-0.25, -0.2) is 0 Å². The fourth-order valence-corrected chi connectivity index (χ4v) is 1.80. The van der Waals surface area contributed by atoms with Crippen LogP contribution in [0.3, 0.4) is 0 Å². The maximum Gasteiger partial charge on any atom is 0.307 e. The molecule has 0 aromatic heterocycles. The van der Waals surface area contributed by atoms with Crippen molar-refractivity contribution in [1.82, 2.24) is 4.90 Å². The van der Waals surface area contributed by atoms with Gasteiger partial charge in [0.05, 0.1) is 13.5 Å². The molecular formula is C10H18N2O3. The fraction of sp³-hybridized carbons (Fsp3) is 0.800. The largest absolute Gasteiger partial charge is 0.469 e. The normalized spacial score (nSPS) is 19.8. The van der Waals surface area contributed by atoms with Crippen molar-refractivity contribution in [3.63, 3.8) is 0 Å². The first-order valence-corrected chi connectivity index (χ1v) is 5.08. The van der Waals surface area contributed by atoms with Crippen LogP contribution in [0, 0.1) is 0 Å². The molecule has 1 fully saturated rings. The van der Waals surface area contributed by atoms with Crippen LogP contribution in [0.5, 0.6) is 0 Å². The van der Waals surface area contributed by atoms with E-state index in [9.17, 15) is 9.59 Å². The predicted molar refractivity (Wildman–Crippen MR) is 55.0 cm³/mol. The summed E-state index contributed by atoms with van der Waals surface area (Å²) in [6.45, 7) is 2.80. The van der Waals surface area contributed by atoms with Crippen LogP contribution >= 0.6 is 0 Å². The van der Waals surface area contributed by atoms with Crippen LogP contribution in [-0.4, -0.2) is 42.5 Å². The molecule has 0 radical (unpaired) electrons. The van der Waals surface area contributed by atoms with Crippen LogP contribution < -0.4 is 5.73 Å². The zero-order chi connectivity index (χ0) is 11.5. The molecule has 86 valence electrons. The molecule has 15 heavy (non-hydrogen) atoms. The van der Waals surface area contributed by atoms with Crippen molar-refractivity contribution in [3.8, 4) is 0 Å². The molecule has 0 bridgehead atoms. The monoisotopic (exact) mass is 214 g/mol. The Morgan fingerprint density at radius 2 is 1.93 bits per heavy atom. The Kier molecular flexibility index (Phi) is 3.68. The summed E-state index contributed by atoms with van der Waals surface area (Å²) in [5, 5.41) is 0. The molecule has 1 aliphatic heterocycles. The average molecular weight is 214 g/mol. The lowest BCUT2D eigenvalue weighted by Gasteiger charge is -2.38. The first kappa shape index (κ1) is 12.0. The van der Waals surface area contributed by atoms with E-state index in [-0.39, 0.29) is 18.3 Å². The van der Waals surface area contributed by atoms with Crippen molar-refractivity contribution in [1.29, 1.82) is 0 Å². The number of esters is 1.